The van der Waals surface area contributed by atoms with Crippen LogP contribution >= 0.6 is 12.6 Å². The lowest BCUT2D eigenvalue weighted by Crippen LogP contribution is -2.57. The number of aliphatic carboxylic acids is 1. The number of hydrogen-bond donors (Lipinski definition) is 8. The van der Waals surface area contributed by atoms with Gasteiger partial charge in [-0.15, -0.1) is 0 Å². The third-order valence-corrected chi connectivity index (χ3v) is 4.19. The Kier molecular flexibility index (Phi) is 9.92. The number of amides is 3. The van der Waals surface area contributed by atoms with Crippen molar-refractivity contribution in [1.29, 1.82) is 0 Å². The second-order valence-corrected chi connectivity index (χ2v) is 6.39. The van der Waals surface area contributed by atoms with E-state index in [1.165, 1.54) is 12.1 Å². The lowest BCUT2D eigenvalue weighted by atomic mass is 10.0. The molecule has 0 saturated heterocycles. The summed E-state index contributed by atoms with van der Waals surface area (Å²) in [6, 6.07) is 2.12. The standard InChI is InChI=1S/C17H24N4O7S/c18-6-14(24)19-11(5-9-1-3-10(23)4-2-9)15(25)21-13(8-29)16(26)20-12(7-22)17(27)28/h1-4,11-13,22-23,29H,5-8,18H2,(H,19,24)(H,20,26)(H,21,25)(H,27,28). The third kappa shape index (κ3) is 7.97. The van der Waals surface area contributed by atoms with Gasteiger partial charge >= 0.3 is 5.97 Å². The molecule has 0 heterocycles. The number of benzene rings is 1. The molecule has 0 aliphatic rings. The van der Waals surface area contributed by atoms with Gasteiger partial charge in [-0.25, -0.2) is 4.79 Å². The molecular formula is C17H24N4O7S. The Morgan fingerprint density at radius 2 is 1.52 bits per heavy atom. The minimum absolute atomic E-state index is 0.0319. The Labute approximate surface area is 172 Å². The van der Waals surface area contributed by atoms with Crippen LogP contribution in [0.4, 0.5) is 0 Å². The van der Waals surface area contributed by atoms with Crippen LogP contribution < -0.4 is 21.7 Å². The van der Waals surface area contributed by atoms with Gasteiger partial charge in [0.1, 0.15) is 23.9 Å². The monoisotopic (exact) mass is 428 g/mol. The summed E-state index contributed by atoms with van der Waals surface area (Å²) in [6.07, 6.45) is 0.0488. The number of aliphatic hydroxyl groups is 1. The van der Waals surface area contributed by atoms with Crippen molar-refractivity contribution in [2.24, 2.45) is 5.73 Å². The highest BCUT2D eigenvalue weighted by molar-refractivity contribution is 7.80. The van der Waals surface area contributed by atoms with Crippen LogP contribution in [0.15, 0.2) is 24.3 Å². The molecule has 3 unspecified atom stereocenters. The first kappa shape index (κ1) is 24.2. The molecule has 1 aromatic carbocycles. The van der Waals surface area contributed by atoms with Crippen molar-refractivity contribution in [2.75, 3.05) is 18.9 Å². The van der Waals surface area contributed by atoms with Gasteiger partial charge in [0.15, 0.2) is 0 Å². The molecule has 0 radical (unpaired) electrons. The van der Waals surface area contributed by atoms with Crippen LogP contribution in [0.1, 0.15) is 5.56 Å². The summed E-state index contributed by atoms with van der Waals surface area (Å²) in [6.45, 7) is -1.18. The van der Waals surface area contributed by atoms with Crippen molar-refractivity contribution in [2.45, 2.75) is 24.5 Å². The van der Waals surface area contributed by atoms with Crippen LogP contribution in [-0.2, 0) is 25.6 Å². The molecule has 0 saturated carbocycles. The van der Waals surface area contributed by atoms with Gasteiger partial charge < -0.3 is 37.0 Å². The number of phenols is 1. The van der Waals surface area contributed by atoms with E-state index < -0.39 is 48.4 Å². The summed E-state index contributed by atoms with van der Waals surface area (Å²) < 4.78 is 0. The van der Waals surface area contributed by atoms with Gasteiger partial charge in [0.2, 0.25) is 17.7 Å². The maximum absolute atomic E-state index is 12.6. The van der Waals surface area contributed by atoms with Gasteiger partial charge in [-0.1, -0.05) is 12.1 Å². The number of hydrogen-bond acceptors (Lipinski definition) is 8. The van der Waals surface area contributed by atoms with Crippen molar-refractivity contribution in [1.82, 2.24) is 16.0 Å². The number of thiol groups is 1. The van der Waals surface area contributed by atoms with E-state index in [0.29, 0.717) is 5.56 Å². The summed E-state index contributed by atoms with van der Waals surface area (Å²) >= 11 is 3.98. The zero-order chi connectivity index (χ0) is 22.0. The number of aliphatic hydroxyl groups excluding tert-OH is 1. The summed E-state index contributed by atoms with van der Waals surface area (Å²) in [5, 5.41) is 34.2. The molecule has 3 amide bonds. The molecule has 29 heavy (non-hydrogen) atoms. The van der Waals surface area contributed by atoms with Gasteiger partial charge in [0.25, 0.3) is 0 Å². The van der Waals surface area contributed by atoms with Gasteiger partial charge in [-0.05, 0) is 17.7 Å². The molecule has 8 N–H and O–H groups in total. The SMILES string of the molecule is NCC(=O)NC(Cc1ccc(O)cc1)C(=O)NC(CS)C(=O)NC(CO)C(=O)O. The van der Waals surface area contributed by atoms with Gasteiger partial charge in [0, 0.05) is 12.2 Å². The minimum atomic E-state index is -1.54. The zero-order valence-corrected chi connectivity index (χ0v) is 16.3. The van der Waals surface area contributed by atoms with Crippen LogP contribution in [0.3, 0.4) is 0 Å². The number of aromatic hydroxyl groups is 1. The largest absolute Gasteiger partial charge is 0.508 e. The highest BCUT2D eigenvalue weighted by Gasteiger charge is 2.28. The van der Waals surface area contributed by atoms with Crippen LogP contribution in [0.25, 0.3) is 0 Å². The van der Waals surface area contributed by atoms with E-state index >= 15 is 0 Å². The molecular weight excluding hydrogens is 404 g/mol. The maximum atomic E-state index is 12.6. The number of carbonyl (C=O) groups excluding carboxylic acids is 3. The van der Waals surface area contributed by atoms with Gasteiger partial charge in [-0.2, -0.15) is 12.6 Å². The Balaban J connectivity index is 2.89. The Hall–Kier alpha value is -2.83. The predicted molar refractivity (Wildman–Crippen MR) is 105 cm³/mol. The number of rotatable bonds is 11. The number of nitrogens with one attached hydrogen (secondary N) is 3. The molecule has 160 valence electrons. The molecule has 11 nitrogen and oxygen atoms in total. The average Bonchev–Trinajstić information content (AvgIpc) is 2.70. The van der Waals surface area contributed by atoms with Crippen molar-refractivity contribution in [3.05, 3.63) is 29.8 Å². The summed E-state index contributed by atoms with van der Waals surface area (Å²) in [5.41, 5.74) is 5.90. The van der Waals surface area contributed by atoms with Crippen molar-refractivity contribution >= 4 is 36.3 Å². The molecule has 0 fully saturated rings. The fraction of sp³-hybridized carbons (Fsp3) is 0.412. The zero-order valence-electron chi connectivity index (χ0n) is 15.4. The smallest absolute Gasteiger partial charge is 0.328 e. The summed E-state index contributed by atoms with van der Waals surface area (Å²) in [7, 11) is 0. The molecule has 1 aromatic rings. The molecule has 0 aliphatic carbocycles. The number of phenolic OH excluding ortho intramolecular Hbond substituents is 1. The van der Waals surface area contributed by atoms with Crippen LogP contribution in [0.5, 0.6) is 5.75 Å². The lowest BCUT2D eigenvalue weighted by molar-refractivity contribution is -0.143. The van der Waals surface area contributed by atoms with Gasteiger partial charge in [-0.3, -0.25) is 14.4 Å². The molecule has 0 aliphatic heterocycles. The number of nitrogens with two attached hydrogens (primary N) is 1. The molecule has 3 atom stereocenters. The Morgan fingerprint density at radius 1 is 0.966 bits per heavy atom. The lowest BCUT2D eigenvalue weighted by Gasteiger charge is -2.23. The normalized spacial score (nSPS) is 13.6. The fourth-order valence-electron chi connectivity index (χ4n) is 2.25. The Morgan fingerprint density at radius 3 is 2.00 bits per heavy atom. The number of carbonyl (C=O) groups is 4. The first-order valence-electron chi connectivity index (χ1n) is 8.54. The molecule has 0 spiro atoms. The van der Waals surface area contributed by atoms with Crippen molar-refractivity contribution < 1.29 is 34.5 Å². The quantitative estimate of drug-likeness (QED) is 0.175. The van der Waals surface area contributed by atoms with Crippen molar-refractivity contribution in [3.8, 4) is 5.75 Å². The summed E-state index contributed by atoms with van der Waals surface area (Å²) in [4.78, 5) is 47.4. The third-order valence-electron chi connectivity index (χ3n) is 3.83. The van der Waals surface area contributed by atoms with E-state index in [1.54, 1.807) is 12.1 Å². The number of carboxylic acid groups (broad SMARTS) is 1. The molecule has 0 aromatic heterocycles. The van der Waals surface area contributed by atoms with E-state index in [1.807, 2.05) is 0 Å². The molecule has 12 heteroatoms. The average molecular weight is 428 g/mol. The minimum Gasteiger partial charge on any atom is -0.508 e. The first-order chi connectivity index (χ1) is 13.7. The predicted octanol–water partition coefficient (Wildman–Crippen LogP) is -2.65. The molecule has 0 bridgehead atoms. The highest BCUT2D eigenvalue weighted by Crippen LogP contribution is 2.11. The first-order valence-corrected chi connectivity index (χ1v) is 9.17. The van der Waals surface area contributed by atoms with E-state index in [0.717, 1.165) is 0 Å². The summed E-state index contributed by atoms with van der Waals surface area (Å²) in [5.74, 6) is -3.74. The second-order valence-electron chi connectivity index (χ2n) is 6.02. The second kappa shape index (κ2) is 11.9. The van der Waals surface area contributed by atoms with Crippen molar-refractivity contribution in [3.63, 3.8) is 0 Å². The Bertz CT molecular complexity index is 729. The maximum Gasteiger partial charge on any atom is 0.328 e. The van der Waals surface area contributed by atoms with Gasteiger partial charge in [0.05, 0.1) is 13.2 Å². The van der Waals surface area contributed by atoms with Crippen LogP contribution in [-0.4, -0.2) is 76.0 Å². The molecule has 1 rings (SSSR count). The topological polar surface area (TPSA) is 191 Å². The van der Waals surface area contributed by atoms with E-state index in [9.17, 15) is 24.3 Å². The fourth-order valence-corrected chi connectivity index (χ4v) is 2.51. The van der Waals surface area contributed by atoms with Crippen LogP contribution in [0, 0.1) is 0 Å². The van der Waals surface area contributed by atoms with E-state index in [4.69, 9.17) is 15.9 Å². The number of carboxylic acids is 1. The highest BCUT2D eigenvalue weighted by atomic mass is 32.1. The van der Waals surface area contributed by atoms with E-state index in [-0.39, 0.29) is 24.5 Å². The van der Waals surface area contributed by atoms with E-state index in [2.05, 4.69) is 28.6 Å². The van der Waals surface area contributed by atoms with Crippen LogP contribution in [0.2, 0.25) is 0 Å².